The standard InChI is InChI=1S/C7H7IN2O2/c1-12-6-2-5(4-10-11)3-9-7(6)8/h2-3H,4H2,1H3. The quantitative estimate of drug-likeness (QED) is 0.482. The van der Waals surface area contributed by atoms with Crippen molar-refractivity contribution in [3.63, 3.8) is 0 Å². The Balaban J connectivity index is 2.96. The molecule has 0 radical (unpaired) electrons. The Kier molecular flexibility index (Phi) is 3.39. The van der Waals surface area contributed by atoms with Gasteiger partial charge < -0.3 is 4.74 Å². The van der Waals surface area contributed by atoms with E-state index in [1.54, 1.807) is 19.4 Å². The van der Waals surface area contributed by atoms with E-state index in [9.17, 15) is 4.91 Å². The first-order chi connectivity index (χ1) is 5.77. The van der Waals surface area contributed by atoms with Crippen molar-refractivity contribution < 1.29 is 4.74 Å². The van der Waals surface area contributed by atoms with Crippen LogP contribution < -0.4 is 4.74 Å². The minimum atomic E-state index is 0.139. The van der Waals surface area contributed by atoms with Crippen molar-refractivity contribution in [3.05, 3.63) is 26.4 Å². The Bertz CT molecular complexity index is 291. The van der Waals surface area contributed by atoms with Crippen LogP contribution in [-0.2, 0) is 6.54 Å². The fourth-order valence-electron chi connectivity index (χ4n) is 0.773. The molecular weight excluding hydrogens is 271 g/mol. The minimum Gasteiger partial charge on any atom is -0.494 e. The fourth-order valence-corrected chi connectivity index (χ4v) is 1.29. The third kappa shape index (κ3) is 2.13. The van der Waals surface area contributed by atoms with Gasteiger partial charge in [0, 0.05) is 6.20 Å². The van der Waals surface area contributed by atoms with E-state index < -0.39 is 0 Å². The van der Waals surface area contributed by atoms with E-state index >= 15 is 0 Å². The van der Waals surface area contributed by atoms with E-state index in [1.165, 1.54) is 0 Å². The van der Waals surface area contributed by atoms with Crippen LogP contribution in [0.4, 0.5) is 0 Å². The maximum Gasteiger partial charge on any atom is 0.151 e. The number of nitrogens with zero attached hydrogens (tertiary/aromatic N) is 2. The number of hydrogen-bond acceptors (Lipinski definition) is 4. The summed E-state index contributed by atoms with van der Waals surface area (Å²) in [6, 6.07) is 1.76. The van der Waals surface area contributed by atoms with Crippen LogP contribution in [0.1, 0.15) is 5.56 Å². The van der Waals surface area contributed by atoms with Gasteiger partial charge in [-0.1, -0.05) is 5.18 Å². The highest BCUT2D eigenvalue weighted by Crippen LogP contribution is 2.19. The van der Waals surface area contributed by atoms with Crippen molar-refractivity contribution in [3.8, 4) is 5.75 Å². The van der Waals surface area contributed by atoms with Crippen LogP contribution in [0, 0.1) is 8.61 Å². The third-order valence-electron chi connectivity index (χ3n) is 1.33. The summed E-state index contributed by atoms with van der Waals surface area (Å²) in [7, 11) is 1.57. The van der Waals surface area contributed by atoms with Gasteiger partial charge in [-0.3, -0.25) is 0 Å². The molecule has 0 saturated heterocycles. The molecule has 0 fully saturated rings. The summed E-state index contributed by atoms with van der Waals surface area (Å²) in [6.45, 7) is 0.139. The second-order valence-corrected chi connectivity index (χ2v) is 3.15. The van der Waals surface area contributed by atoms with Gasteiger partial charge in [0.2, 0.25) is 0 Å². The zero-order valence-electron chi connectivity index (χ0n) is 6.45. The maximum atomic E-state index is 9.94. The van der Waals surface area contributed by atoms with Gasteiger partial charge in [0.05, 0.1) is 7.11 Å². The van der Waals surface area contributed by atoms with Crippen LogP contribution in [0.2, 0.25) is 0 Å². The molecule has 5 heteroatoms. The summed E-state index contributed by atoms with van der Waals surface area (Å²) in [5.41, 5.74) is 0.766. The molecule has 0 aliphatic carbocycles. The number of hydrogen-bond donors (Lipinski definition) is 0. The molecule has 64 valence electrons. The molecule has 0 bridgehead atoms. The smallest absolute Gasteiger partial charge is 0.151 e. The topological polar surface area (TPSA) is 51.5 Å². The average Bonchev–Trinajstić information content (AvgIpc) is 2.09. The van der Waals surface area contributed by atoms with E-state index in [4.69, 9.17) is 4.74 Å². The van der Waals surface area contributed by atoms with E-state index in [2.05, 4.69) is 32.8 Å². The summed E-state index contributed by atoms with van der Waals surface area (Å²) < 4.78 is 5.80. The molecule has 1 rings (SSSR count). The van der Waals surface area contributed by atoms with Crippen LogP contribution in [0.3, 0.4) is 0 Å². The molecule has 0 N–H and O–H groups in total. The first-order valence-electron chi connectivity index (χ1n) is 3.25. The van der Waals surface area contributed by atoms with Crippen molar-refractivity contribution in [2.24, 2.45) is 5.18 Å². The van der Waals surface area contributed by atoms with Crippen molar-refractivity contribution in [1.29, 1.82) is 0 Å². The van der Waals surface area contributed by atoms with E-state index in [0.29, 0.717) is 5.75 Å². The molecule has 0 saturated carbocycles. The number of rotatable bonds is 3. The Labute approximate surface area is 83.5 Å². The largest absolute Gasteiger partial charge is 0.494 e. The van der Waals surface area contributed by atoms with Crippen molar-refractivity contribution in [1.82, 2.24) is 4.98 Å². The van der Waals surface area contributed by atoms with Gasteiger partial charge in [0.1, 0.15) is 10.2 Å². The summed E-state index contributed by atoms with van der Waals surface area (Å²) >= 11 is 2.06. The molecule has 12 heavy (non-hydrogen) atoms. The monoisotopic (exact) mass is 278 g/mol. The normalized spacial score (nSPS) is 9.50. The first-order valence-corrected chi connectivity index (χ1v) is 4.33. The van der Waals surface area contributed by atoms with Crippen molar-refractivity contribution >= 4 is 22.6 Å². The lowest BCUT2D eigenvalue weighted by atomic mass is 10.3. The molecule has 0 aliphatic heterocycles. The molecule has 1 aromatic heterocycles. The lowest BCUT2D eigenvalue weighted by molar-refractivity contribution is 0.408. The van der Waals surface area contributed by atoms with Gasteiger partial charge in [0.25, 0.3) is 0 Å². The lowest BCUT2D eigenvalue weighted by Gasteiger charge is -2.02. The zero-order chi connectivity index (χ0) is 8.97. The zero-order valence-corrected chi connectivity index (χ0v) is 8.61. The molecule has 1 aromatic rings. The molecule has 0 amide bonds. The molecule has 0 aliphatic rings. The number of pyridine rings is 1. The van der Waals surface area contributed by atoms with Crippen LogP contribution in [0.25, 0.3) is 0 Å². The Morgan fingerprint density at radius 2 is 2.50 bits per heavy atom. The van der Waals surface area contributed by atoms with Crippen LogP contribution in [0.15, 0.2) is 17.4 Å². The fraction of sp³-hybridized carbons (Fsp3) is 0.286. The van der Waals surface area contributed by atoms with Crippen molar-refractivity contribution in [2.75, 3.05) is 7.11 Å². The second kappa shape index (κ2) is 4.34. The van der Waals surface area contributed by atoms with Crippen LogP contribution in [0.5, 0.6) is 5.75 Å². The minimum absolute atomic E-state index is 0.139. The molecule has 0 unspecified atom stereocenters. The first kappa shape index (κ1) is 9.37. The van der Waals surface area contributed by atoms with Gasteiger partial charge in [-0.15, -0.1) is 0 Å². The summed E-state index contributed by atoms with van der Waals surface area (Å²) in [5, 5.41) is 2.76. The summed E-state index contributed by atoms with van der Waals surface area (Å²) in [6.07, 6.45) is 1.62. The lowest BCUT2D eigenvalue weighted by Crippen LogP contribution is -1.92. The third-order valence-corrected chi connectivity index (χ3v) is 2.14. The second-order valence-electron chi connectivity index (χ2n) is 2.12. The molecule has 1 heterocycles. The van der Waals surface area contributed by atoms with Crippen molar-refractivity contribution in [2.45, 2.75) is 6.54 Å². The SMILES string of the molecule is COc1cc(CN=O)cnc1I. The van der Waals surface area contributed by atoms with E-state index in [0.717, 1.165) is 9.26 Å². The average molecular weight is 278 g/mol. The van der Waals surface area contributed by atoms with E-state index in [-0.39, 0.29) is 6.54 Å². The van der Waals surface area contributed by atoms with Crippen LogP contribution in [-0.4, -0.2) is 12.1 Å². The number of aromatic nitrogens is 1. The van der Waals surface area contributed by atoms with Gasteiger partial charge in [-0.2, -0.15) is 4.91 Å². The van der Waals surface area contributed by atoms with Gasteiger partial charge in [0.15, 0.2) is 5.75 Å². The Morgan fingerprint density at radius 3 is 3.08 bits per heavy atom. The van der Waals surface area contributed by atoms with Gasteiger partial charge in [-0.25, -0.2) is 4.98 Å². The highest BCUT2D eigenvalue weighted by molar-refractivity contribution is 14.1. The summed E-state index contributed by atoms with van der Waals surface area (Å²) in [4.78, 5) is 14.0. The highest BCUT2D eigenvalue weighted by atomic mass is 127. The van der Waals surface area contributed by atoms with E-state index in [1.807, 2.05) is 0 Å². The Morgan fingerprint density at radius 1 is 1.75 bits per heavy atom. The molecule has 0 atom stereocenters. The van der Waals surface area contributed by atoms with Crippen LogP contribution >= 0.6 is 22.6 Å². The number of halogens is 1. The predicted molar refractivity (Wildman–Crippen MR) is 53.0 cm³/mol. The van der Waals surface area contributed by atoms with Gasteiger partial charge in [-0.05, 0) is 34.2 Å². The molecule has 4 nitrogen and oxygen atoms in total. The number of ether oxygens (including phenoxy) is 1. The maximum absolute atomic E-state index is 9.94. The molecule has 0 aromatic carbocycles. The number of methoxy groups -OCH3 is 1. The Hall–Kier alpha value is -0.720. The van der Waals surface area contributed by atoms with Gasteiger partial charge >= 0.3 is 0 Å². The summed E-state index contributed by atoms with van der Waals surface area (Å²) in [5.74, 6) is 0.678. The number of nitroso groups, excluding NO2 is 1. The predicted octanol–water partition coefficient (Wildman–Crippen LogP) is 1.96. The highest BCUT2D eigenvalue weighted by Gasteiger charge is 2.02. The molecule has 0 spiro atoms. The molecular formula is C7H7IN2O2.